The molecule has 0 bridgehead atoms. The summed E-state index contributed by atoms with van der Waals surface area (Å²) in [6.45, 7) is 13.1. The van der Waals surface area contributed by atoms with Gasteiger partial charge >= 0.3 is 0 Å². The second kappa shape index (κ2) is 10.6. The Kier molecular flexibility index (Phi) is 8.45. The van der Waals surface area contributed by atoms with E-state index in [0.29, 0.717) is 6.42 Å². The van der Waals surface area contributed by atoms with Crippen LogP contribution in [-0.4, -0.2) is 60.9 Å². The number of amides is 2. The molecule has 1 aromatic rings. The number of benzene rings is 1. The molecule has 0 saturated carbocycles. The van der Waals surface area contributed by atoms with Crippen molar-refractivity contribution in [3.8, 4) is 0 Å². The smallest absolute Gasteiger partial charge is 0.247 e. The van der Waals surface area contributed by atoms with Crippen molar-refractivity contribution in [2.45, 2.75) is 46.7 Å². The van der Waals surface area contributed by atoms with Crippen LogP contribution >= 0.6 is 0 Å². The Bertz CT molecular complexity index is 652. The molecule has 2 rings (SSSR count). The number of nitrogens with zero attached hydrogens (tertiary/aromatic N) is 2. The van der Waals surface area contributed by atoms with Crippen molar-refractivity contribution in [3.63, 3.8) is 0 Å². The molecular formula is C22H36N4O2. The highest BCUT2D eigenvalue weighted by Crippen LogP contribution is 2.15. The predicted octanol–water partition coefficient (Wildman–Crippen LogP) is 2.56. The lowest BCUT2D eigenvalue weighted by atomic mass is 10.0. The van der Waals surface area contributed by atoms with E-state index in [1.807, 2.05) is 45.9 Å². The summed E-state index contributed by atoms with van der Waals surface area (Å²) >= 11 is 0. The zero-order valence-corrected chi connectivity index (χ0v) is 18.0. The standard InChI is InChI=1S/C22H36N4O2/c1-16(2)13-20(27)24-21(17(3)4)22(28)23-19-8-6-7-18(14-19)15-26-11-9-25(5)10-12-26/h6-8,14,16-17,21H,9-13,15H2,1-5H3,(H,23,28)(H,24,27). The van der Waals surface area contributed by atoms with Crippen LogP contribution in [0, 0.1) is 11.8 Å². The highest BCUT2D eigenvalue weighted by molar-refractivity contribution is 5.97. The Morgan fingerprint density at radius 2 is 1.75 bits per heavy atom. The average molecular weight is 389 g/mol. The van der Waals surface area contributed by atoms with Crippen LogP contribution in [0.1, 0.15) is 39.7 Å². The van der Waals surface area contributed by atoms with Gasteiger partial charge in [0, 0.05) is 44.8 Å². The molecule has 1 heterocycles. The summed E-state index contributed by atoms with van der Waals surface area (Å²) in [6.07, 6.45) is 0.428. The molecule has 1 unspecified atom stereocenters. The van der Waals surface area contributed by atoms with E-state index in [9.17, 15) is 9.59 Å². The minimum Gasteiger partial charge on any atom is -0.344 e. The van der Waals surface area contributed by atoms with Gasteiger partial charge in [0.1, 0.15) is 6.04 Å². The molecule has 1 aliphatic heterocycles. The van der Waals surface area contributed by atoms with Gasteiger partial charge < -0.3 is 15.5 Å². The van der Waals surface area contributed by atoms with Crippen molar-refractivity contribution in [2.24, 2.45) is 11.8 Å². The maximum absolute atomic E-state index is 12.8. The van der Waals surface area contributed by atoms with Crippen molar-refractivity contribution in [2.75, 3.05) is 38.5 Å². The lowest BCUT2D eigenvalue weighted by molar-refractivity contribution is -0.127. The van der Waals surface area contributed by atoms with Gasteiger partial charge in [0.2, 0.25) is 11.8 Å². The molecule has 6 heteroatoms. The topological polar surface area (TPSA) is 64.7 Å². The molecule has 1 fully saturated rings. The molecule has 1 aromatic carbocycles. The SMILES string of the molecule is CC(C)CC(=O)NC(C(=O)Nc1cccc(CN2CCN(C)CC2)c1)C(C)C. The average Bonchev–Trinajstić information content (AvgIpc) is 2.61. The monoisotopic (exact) mass is 388 g/mol. The molecule has 0 spiro atoms. The summed E-state index contributed by atoms with van der Waals surface area (Å²) in [5.74, 6) is 0.0447. The number of nitrogens with one attached hydrogen (secondary N) is 2. The second-order valence-corrected chi connectivity index (χ2v) is 8.66. The zero-order chi connectivity index (χ0) is 20.7. The zero-order valence-electron chi connectivity index (χ0n) is 18.0. The van der Waals surface area contributed by atoms with E-state index in [0.717, 1.165) is 38.4 Å². The largest absolute Gasteiger partial charge is 0.344 e. The third-order valence-corrected chi connectivity index (χ3v) is 5.06. The number of hydrogen-bond donors (Lipinski definition) is 2. The molecule has 2 N–H and O–H groups in total. The van der Waals surface area contributed by atoms with Gasteiger partial charge in [-0.05, 0) is 36.6 Å². The first-order valence-corrected chi connectivity index (χ1v) is 10.3. The van der Waals surface area contributed by atoms with Gasteiger partial charge in [-0.3, -0.25) is 14.5 Å². The third-order valence-electron chi connectivity index (χ3n) is 5.06. The first-order chi connectivity index (χ1) is 13.2. The Morgan fingerprint density at radius 3 is 2.36 bits per heavy atom. The van der Waals surface area contributed by atoms with Crippen molar-refractivity contribution >= 4 is 17.5 Å². The molecule has 2 amide bonds. The molecule has 28 heavy (non-hydrogen) atoms. The van der Waals surface area contributed by atoms with E-state index < -0.39 is 6.04 Å². The van der Waals surface area contributed by atoms with Crippen molar-refractivity contribution in [1.82, 2.24) is 15.1 Å². The Morgan fingerprint density at radius 1 is 1.07 bits per heavy atom. The highest BCUT2D eigenvalue weighted by atomic mass is 16.2. The van der Waals surface area contributed by atoms with Gasteiger partial charge in [0.15, 0.2) is 0 Å². The number of anilines is 1. The fourth-order valence-corrected chi connectivity index (χ4v) is 3.37. The Balaban J connectivity index is 1.96. The fourth-order valence-electron chi connectivity index (χ4n) is 3.37. The van der Waals surface area contributed by atoms with E-state index in [2.05, 4.69) is 33.5 Å². The maximum Gasteiger partial charge on any atom is 0.247 e. The number of rotatable bonds is 8. The molecule has 6 nitrogen and oxygen atoms in total. The normalized spacial score (nSPS) is 17.0. The van der Waals surface area contributed by atoms with Crippen LogP contribution in [0.4, 0.5) is 5.69 Å². The van der Waals surface area contributed by atoms with E-state index >= 15 is 0 Å². The van der Waals surface area contributed by atoms with Gasteiger partial charge in [-0.1, -0.05) is 39.8 Å². The van der Waals surface area contributed by atoms with Crippen LogP contribution in [0.5, 0.6) is 0 Å². The summed E-state index contributed by atoms with van der Waals surface area (Å²) in [5.41, 5.74) is 1.97. The lowest BCUT2D eigenvalue weighted by Crippen LogP contribution is -2.47. The van der Waals surface area contributed by atoms with Crippen LogP contribution < -0.4 is 10.6 Å². The number of carbonyl (C=O) groups is 2. The predicted molar refractivity (Wildman–Crippen MR) is 114 cm³/mol. The molecule has 156 valence electrons. The summed E-state index contributed by atoms with van der Waals surface area (Å²) in [4.78, 5) is 29.7. The van der Waals surface area contributed by atoms with Gasteiger partial charge in [0.05, 0.1) is 0 Å². The molecule has 0 aromatic heterocycles. The minimum absolute atomic E-state index is 0.0182. The Hall–Kier alpha value is -1.92. The van der Waals surface area contributed by atoms with Gasteiger partial charge in [-0.2, -0.15) is 0 Å². The molecule has 1 saturated heterocycles. The quantitative estimate of drug-likeness (QED) is 0.718. The van der Waals surface area contributed by atoms with Crippen LogP contribution in [0.25, 0.3) is 0 Å². The Labute approximate surface area is 169 Å². The number of hydrogen-bond acceptors (Lipinski definition) is 4. The van der Waals surface area contributed by atoms with Gasteiger partial charge in [-0.15, -0.1) is 0 Å². The van der Waals surface area contributed by atoms with E-state index in [-0.39, 0.29) is 23.7 Å². The van der Waals surface area contributed by atoms with Gasteiger partial charge in [0.25, 0.3) is 0 Å². The summed E-state index contributed by atoms with van der Waals surface area (Å²) in [7, 11) is 2.15. The van der Waals surface area contributed by atoms with Crippen LogP contribution in [0.3, 0.4) is 0 Å². The van der Waals surface area contributed by atoms with E-state index in [1.165, 1.54) is 5.56 Å². The first-order valence-electron chi connectivity index (χ1n) is 10.3. The number of carbonyl (C=O) groups excluding carboxylic acids is 2. The molecule has 0 radical (unpaired) electrons. The molecule has 1 atom stereocenters. The number of likely N-dealkylation sites (N-methyl/N-ethyl adjacent to an activating group) is 1. The van der Waals surface area contributed by atoms with E-state index in [4.69, 9.17) is 0 Å². The van der Waals surface area contributed by atoms with Gasteiger partial charge in [-0.25, -0.2) is 0 Å². The molecular weight excluding hydrogens is 352 g/mol. The molecule has 1 aliphatic rings. The van der Waals surface area contributed by atoms with E-state index in [1.54, 1.807) is 0 Å². The minimum atomic E-state index is -0.535. The lowest BCUT2D eigenvalue weighted by Gasteiger charge is -2.32. The van der Waals surface area contributed by atoms with Crippen molar-refractivity contribution in [3.05, 3.63) is 29.8 Å². The summed E-state index contributed by atoms with van der Waals surface area (Å²) in [6, 6.07) is 7.47. The van der Waals surface area contributed by atoms with Crippen molar-refractivity contribution < 1.29 is 9.59 Å². The fraction of sp³-hybridized carbons (Fsp3) is 0.636. The van der Waals surface area contributed by atoms with Crippen LogP contribution in [0.15, 0.2) is 24.3 Å². The summed E-state index contributed by atoms with van der Waals surface area (Å²) < 4.78 is 0. The first kappa shape index (κ1) is 22.4. The van der Waals surface area contributed by atoms with Crippen LogP contribution in [0.2, 0.25) is 0 Å². The molecule has 0 aliphatic carbocycles. The number of piperazine rings is 1. The third kappa shape index (κ3) is 7.24. The second-order valence-electron chi connectivity index (χ2n) is 8.66. The summed E-state index contributed by atoms with van der Waals surface area (Å²) in [5, 5.41) is 5.87. The van der Waals surface area contributed by atoms with Crippen molar-refractivity contribution in [1.29, 1.82) is 0 Å². The van der Waals surface area contributed by atoms with Crippen LogP contribution in [-0.2, 0) is 16.1 Å². The maximum atomic E-state index is 12.8. The highest BCUT2D eigenvalue weighted by Gasteiger charge is 2.24.